The number of ether oxygens (including phenoxy) is 1. The first-order chi connectivity index (χ1) is 50.2. The number of rotatable bonds is 19. The molecule has 6 aromatic carbocycles. The van der Waals surface area contributed by atoms with E-state index in [0.717, 1.165) is 120 Å². The fraction of sp³-hybridized carbons (Fsp3) is 0.333. The van der Waals surface area contributed by atoms with Crippen LogP contribution in [-0.2, 0) is 44.5 Å². The number of hydrogen-bond donors (Lipinski definition) is 3. The second-order valence-corrected chi connectivity index (χ2v) is 33.9. The molecule has 0 saturated carbocycles. The van der Waals surface area contributed by atoms with Gasteiger partial charge in [0.1, 0.15) is 11.6 Å². The zero-order valence-corrected chi connectivity index (χ0v) is 62.6. The van der Waals surface area contributed by atoms with Gasteiger partial charge >= 0.3 is 0 Å². The SMILES string of the molecule is COc1cc(F)ccc1C1CCN([C@H]2CCN(c3ccc(S(=O)(=O)Nc4nccs4)cc3)C2=O)CC1.Cc1ccccc1N1CCN([C@H]2CCN(c3ccc(S(=O)(=O)Nc4nccs4)cc3)C2=O)CC1.O=C1[C@@H](N2CCN(c3cccc(Cl)c3)CC2)CCN1c1ccc(S(=O)(=O)Nc2nccs2)cc1.[HH].[HH].[HH].[HH].[HH].[HH]. The van der Waals surface area contributed by atoms with Gasteiger partial charge in [0.15, 0.2) is 15.4 Å². The first-order valence-electron chi connectivity index (χ1n) is 34.1. The van der Waals surface area contributed by atoms with E-state index < -0.39 is 30.1 Å². The highest BCUT2D eigenvalue weighted by atomic mass is 35.5. The van der Waals surface area contributed by atoms with Crippen molar-refractivity contribution in [2.24, 2.45) is 0 Å². The Kier molecular flexibility index (Phi) is 22.9. The van der Waals surface area contributed by atoms with Crippen molar-refractivity contribution in [1.29, 1.82) is 0 Å². The molecule has 0 unspecified atom stereocenters. The molecule has 0 aliphatic carbocycles. The third kappa shape index (κ3) is 17.0. The standard InChI is InChI=1S/C25H27FN4O4S2.C24H27N5O3S2.C23H24ClN5O3S2.6H2/c1-34-23-16-18(26)2-7-21(23)17-8-12-29(13-9-17)22-10-14-30(24(22)31)19-3-5-20(6-4-19)36(32,33)28-25-27-11-15-35-25;1-18-4-2-3-5-21(18)27-13-15-28(16-14-27)22-10-12-29(23(22)30)19-6-8-20(9-7-19)34(31,32)26-24-25-11-17-33-24;24-17-2-1-3-19(16-17)27-11-13-28(14-12-27)21-8-10-29(22(21)30)18-4-6-20(7-5-18)34(31,32)26-23-25-9-15-33-23;;;;;;/h2-7,11,15-17,22H,8-10,12-14H2,1H3,(H,27,28);2-9,11,17,22H,10,12-16H2,1H3,(H,25,26);1-7,9,15-16,21H,8,10-14H2,(H,25,26);6*1H/t2*22-;21-;;;;;;/m000....../s1. The van der Waals surface area contributed by atoms with Crippen LogP contribution in [0.4, 0.5) is 48.2 Å². The van der Waals surface area contributed by atoms with Gasteiger partial charge in [0.25, 0.3) is 30.1 Å². The van der Waals surface area contributed by atoms with Gasteiger partial charge in [0.2, 0.25) is 17.7 Å². The Morgan fingerprint density at radius 2 is 0.865 bits per heavy atom. The normalized spacial score (nSPS) is 19.6. The van der Waals surface area contributed by atoms with Gasteiger partial charge < -0.3 is 29.2 Å². The lowest BCUT2D eigenvalue weighted by Gasteiger charge is -2.39. The predicted molar refractivity (Wildman–Crippen MR) is 420 cm³/mol. The van der Waals surface area contributed by atoms with Crippen molar-refractivity contribution in [2.45, 2.75) is 77.8 Å². The van der Waals surface area contributed by atoms with E-state index in [4.69, 9.17) is 16.3 Å². The van der Waals surface area contributed by atoms with Gasteiger partial charge in [-0.05, 0) is 172 Å². The highest BCUT2D eigenvalue weighted by Gasteiger charge is 2.42. The fourth-order valence-corrected chi connectivity index (χ4v) is 19.8. The van der Waals surface area contributed by atoms with Crippen molar-refractivity contribution in [3.63, 3.8) is 0 Å². The summed E-state index contributed by atoms with van der Waals surface area (Å²) in [7, 11) is -9.63. The number of thiazole rings is 3. The van der Waals surface area contributed by atoms with E-state index >= 15 is 0 Å². The molecule has 558 valence electrons. The topological polar surface area (TPSA) is 264 Å². The number of likely N-dealkylation sites (tertiary alicyclic amines) is 1. The molecule has 0 spiro atoms. The lowest BCUT2D eigenvalue weighted by atomic mass is 9.88. The Morgan fingerprint density at radius 3 is 1.25 bits per heavy atom. The van der Waals surface area contributed by atoms with Gasteiger partial charge in [0, 0.05) is 155 Å². The van der Waals surface area contributed by atoms with Crippen LogP contribution in [0.3, 0.4) is 0 Å². The molecular formula is C72H90ClFN14O10S6. The molecule has 32 heteroatoms. The zero-order chi connectivity index (χ0) is 72.7. The van der Waals surface area contributed by atoms with E-state index in [1.165, 1.54) is 106 Å². The van der Waals surface area contributed by atoms with Gasteiger partial charge in [-0.25, -0.2) is 44.6 Å². The highest BCUT2D eigenvalue weighted by molar-refractivity contribution is 7.93. The summed E-state index contributed by atoms with van der Waals surface area (Å²) in [6, 6.07) is 39.7. The number of aryl methyl sites for hydroxylation is 1. The van der Waals surface area contributed by atoms with Crippen LogP contribution in [0.25, 0.3) is 0 Å². The molecule has 3 atom stereocenters. The molecule has 3 amide bonds. The molecule has 15 rings (SSSR count). The van der Waals surface area contributed by atoms with Crippen LogP contribution in [0.2, 0.25) is 5.02 Å². The van der Waals surface area contributed by atoms with Crippen LogP contribution in [-0.4, -0.2) is 183 Å². The summed E-state index contributed by atoms with van der Waals surface area (Å²) < 4.78 is 102. The van der Waals surface area contributed by atoms with Crippen molar-refractivity contribution in [3.05, 3.63) is 196 Å². The Balaban J connectivity index is 0.000000223. The first kappa shape index (κ1) is 73.7. The number of carbonyl (C=O) groups excluding carboxylic acids is 3. The summed E-state index contributed by atoms with van der Waals surface area (Å²) in [6.45, 7) is 12.3. The molecule has 104 heavy (non-hydrogen) atoms. The number of piperazine rings is 2. The van der Waals surface area contributed by atoms with Gasteiger partial charge in [-0.2, -0.15) is 0 Å². The minimum absolute atomic E-state index is 0. The van der Waals surface area contributed by atoms with E-state index in [2.05, 4.69) is 90.9 Å². The number of para-hydroxylation sites is 1. The van der Waals surface area contributed by atoms with Gasteiger partial charge in [-0.15, -0.1) is 34.0 Å². The third-order valence-electron chi connectivity index (χ3n) is 19.6. The molecule has 6 fully saturated rings. The Morgan fingerprint density at radius 1 is 0.462 bits per heavy atom. The van der Waals surface area contributed by atoms with Gasteiger partial charge in [0.05, 0.1) is 39.9 Å². The van der Waals surface area contributed by atoms with Crippen molar-refractivity contribution >= 4 is 137 Å². The van der Waals surface area contributed by atoms with Gasteiger partial charge in [-0.3, -0.25) is 43.2 Å². The first-order valence-corrected chi connectivity index (χ1v) is 41.5. The number of nitrogens with zero attached hydrogens (tertiary/aromatic N) is 11. The number of benzene rings is 6. The lowest BCUT2D eigenvalue weighted by molar-refractivity contribution is -0.122. The van der Waals surface area contributed by atoms with E-state index in [9.17, 15) is 44.0 Å². The number of nitrogens with one attached hydrogen (secondary N) is 3. The number of hydrogen-bond acceptors (Lipinski definition) is 21. The summed E-state index contributed by atoms with van der Waals surface area (Å²) in [5, 5.41) is 6.77. The quantitative estimate of drug-likeness (QED) is 0.0679. The van der Waals surface area contributed by atoms with Crippen molar-refractivity contribution < 1.29 is 57.3 Å². The third-order valence-corrected chi connectivity index (χ3v) is 26.4. The number of anilines is 8. The average molecular weight is 1560 g/mol. The van der Waals surface area contributed by atoms with Crippen LogP contribution in [0, 0.1) is 12.7 Å². The van der Waals surface area contributed by atoms with E-state index in [1.807, 2.05) is 18.2 Å². The molecule has 9 aromatic rings. The van der Waals surface area contributed by atoms with Crippen LogP contribution >= 0.6 is 45.6 Å². The van der Waals surface area contributed by atoms with E-state index in [0.29, 0.717) is 52.2 Å². The maximum absolute atomic E-state index is 13.6. The molecule has 3 N–H and O–H groups in total. The summed E-state index contributed by atoms with van der Waals surface area (Å²) in [5.41, 5.74) is 6.76. The lowest BCUT2D eigenvalue weighted by Crippen LogP contribution is -2.52. The number of aromatic nitrogens is 3. The van der Waals surface area contributed by atoms with Crippen LogP contribution in [0.15, 0.2) is 189 Å². The number of sulfonamides is 3. The van der Waals surface area contributed by atoms with Crippen molar-refractivity contribution in [2.75, 3.05) is 131 Å². The number of carbonyl (C=O) groups is 3. The van der Waals surface area contributed by atoms with Gasteiger partial charge in [-0.1, -0.05) is 41.9 Å². The molecule has 0 bridgehead atoms. The largest absolute Gasteiger partial charge is 0.496 e. The fourth-order valence-electron chi connectivity index (χ4n) is 14.2. The second kappa shape index (κ2) is 32.4. The minimum Gasteiger partial charge on any atom is -0.496 e. The van der Waals surface area contributed by atoms with Crippen molar-refractivity contribution in [3.8, 4) is 5.75 Å². The van der Waals surface area contributed by atoms with Crippen LogP contribution in [0.5, 0.6) is 5.75 Å². The van der Waals surface area contributed by atoms with Crippen LogP contribution < -0.4 is 43.4 Å². The zero-order valence-electron chi connectivity index (χ0n) is 57.0. The highest BCUT2D eigenvalue weighted by Crippen LogP contribution is 2.38. The smallest absolute Gasteiger partial charge is 0.263 e. The molecule has 0 radical (unpaired) electrons. The Labute approximate surface area is 630 Å². The maximum Gasteiger partial charge on any atom is 0.263 e. The predicted octanol–water partition coefficient (Wildman–Crippen LogP) is 12.3. The maximum atomic E-state index is 13.6. The van der Waals surface area contributed by atoms with E-state index in [1.54, 1.807) is 86.6 Å². The van der Waals surface area contributed by atoms with Crippen LogP contribution in [0.1, 0.15) is 57.7 Å². The molecule has 24 nitrogen and oxygen atoms in total. The van der Waals surface area contributed by atoms with E-state index in [-0.39, 0.29) is 70.8 Å². The molecule has 3 aromatic heterocycles. The van der Waals surface area contributed by atoms with Crippen molar-refractivity contribution in [1.82, 2.24) is 29.7 Å². The number of piperidine rings is 1. The molecule has 6 aliphatic heterocycles. The number of halogens is 2. The summed E-state index contributed by atoms with van der Waals surface area (Å²) in [4.78, 5) is 68.7. The summed E-state index contributed by atoms with van der Waals surface area (Å²) >= 11 is 9.77. The molecule has 6 aliphatic rings. The molecular weight excluding hydrogens is 1470 g/mol. The minimum atomic E-state index is -3.74. The second-order valence-electron chi connectivity index (χ2n) is 25.7. The monoisotopic (exact) mass is 1560 g/mol. The Hall–Kier alpha value is -8.63. The average Bonchev–Trinajstić information content (AvgIpc) is 1.63. The Bertz CT molecular complexity index is 4840. The number of amides is 3. The summed E-state index contributed by atoms with van der Waals surface area (Å²) in [6.07, 6.45) is 8.59. The summed E-state index contributed by atoms with van der Waals surface area (Å²) in [5.74, 6) is 0.699. The molecule has 6 saturated heterocycles. The molecule has 9 heterocycles. The number of methoxy groups -OCH3 is 1.